The van der Waals surface area contributed by atoms with Gasteiger partial charge in [-0.25, -0.2) is 9.59 Å². The van der Waals surface area contributed by atoms with Crippen LogP contribution in [0.25, 0.3) is 0 Å². The number of carboxylic acid groups (broad SMARTS) is 1. The van der Waals surface area contributed by atoms with Gasteiger partial charge in [0.2, 0.25) is 0 Å². The molecule has 1 aromatic carbocycles. The first kappa shape index (κ1) is 11.4. The highest BCUT2D eigenvalue weighted by Gasteiger charge is 2.19. The van der Waals surface area contributed by atoms with E-state index in [-0.39, 0.29) is 11.7 Å². The van der Waals surface area contributed by atoms with Crippen LogP contribution in [0.15, 0.2) is 24.3 Å². The second-order valence-corrected chi connectivity index (χ2v) is 3.90. The van der Waals surface area contributed by atoms with Crippen molar-refractivity contribution in [2.24, 2.45) is 0 Å². The van der Waals surface area contributed by atoms with Gasteiger partial charge in [0.25, 0.3) is 0 Å². The van der Waals surface area contributed by atoms with Crippen molar-refractivity contribution in [2.75, 3.05) is 13.2 Å². The van der Waals surface area contributed by atoms with Gasteiger partial charge < -0.3 is 14.7 Å². The van der Waals surface area contributed by atoms with E-state index in [2.05, 4.69) is 0 Å². The standard InChI is InChI=1S/C12H13NO4/c14-11(15)10-4-1-3-9(7-10)8-13-5-2-6-17-12(13)16/h1,3-4,7H,2,5-6,8H2,(H,14,15). The molecule has 0 unspecified atom stereocenters. The Kier molecular flexibility index (Phi) is 3.27. The first-order valence-corrected chi connectivity index (χ1v) is 5.41. The Balaban J connectivity index is 2.09. The molecule has 1 aliphatic heterocycles. The number of carboxylic acids is 1. The van der Waals surface area contributed by atoms with Gasteiger partial charge in [-0.15, -0.1) is 0 Å². The third-order valence-electron chi connectivity index (χ3n) is 2.60. The van der Waals surface area contributed by atoms with Gasteiger partial charge in [0.15, 0.2) is 0 Å². The molecule has 0 aliphatic carbocycles. The molecule has 1 aliphatic rings. The molecule has 5 heteroatoms. The molecule has 17 heavy (non-hydrogen) atoms. The topological polar surface area (TPSA) is 66.8 Å². The minimum Gasteiger partial charge on any atom is -0.478 e. The molecular formula is C12H13NO4. The molecule has 90 valence electrons. The Morgan fingerprint density at radius 1 is 1.47 bits per heavy atom. The highest BCUT2D eigenvalue weighted by molar-refractivity contribution is 5.87. The summed E-state index contributed by atoms with van der Waals surface area (Å²) in [4.78, 5) is 23.8. The van der Waals surface area contributed by atoms with Crippen molar-refractivity contribution in [3.63, 3.8) is 0 Å². The fourth-order valence-electron chi connectivity index (χ4n) is 1.76. The fourth-order valence-corrected chi connectivity index (χ4v) is 1.76. The molecule has 5 nitrogen and oxygen atoms in total. The van der Waals surface area contributed by atoms with Gasteiger partial charge >= 0.3 is 12.1 Å². The van der Waals surface area contributed by atoms with Crippen LogP contribution in [0.3, 0.4) is 0 Å². The lowest BCUT2D eigenvalue weighted by Gasteiger charge is -2.26. The van der Waals surface area contributed by atoms with E-state index in [0.29, 0.717) is 19.7 Å². The fraction of sp³-hybridized carbons (Fsp3) is 0.333. The van der Waals surface area contributed by atoms with Gasteiger partial charge in [-0.3, -0.25) is 0 Å². The molecular weight excluding hydrogens is 222 g/mol. The zero-order chi connectivity index (χ0) is 12.3. The maximum atomic E-state index is 11.4. The SMILES string of the molecule is O=C(O)c1cccc(CN2CCCOC2=O)c1. The minimum atomic E-state index is -0.965. The monoisotopic (exact) mass is 235 g/mol. The summed E-state index contributed by atoms with van der Waals surface area (Å²) in [5.41, 5.74) is 1.02. The average molecular weight is 235 g/mol. The summed E-state index contributed by atoms with van der Waals surface area (Å²) in [6.45, 7) is 1.50. The number of carbonyl (C=O) groups is 2. The molecule has 1 N–H and O–H groups in total. The van der Waals surface area contributed by atoms with Crippen molar-refractivity contribution in [1.82, 2.24) is 4.90 Å². The maximum absolute atomic E-state index is 11.4. The molecule has 0 radical (unpaired) electrons. The molecule has 0 saturated carbocycles. The molecule has 1 heterocycles. The number of benzene rings is 1. The molecule has 1 amide bonds. The number of rotatable bonds is 3. The first-order valence-electron chi connectivity index (χ1n) is 5.41. The van der Waals surface area contributed by atoms with E-state index in [0.717, 1.165) is 12.0 Å². The summed E-state index contributed by atoms with van der Waals surface area (Å²) >= 11 is 0. The normalized spacial score (nSPS) is 15.5. The van der Waals surface area contributed by atoms with Crippen LogP contribution >= 0.6 is 0 Å². The molecule has 2 rings (SSSR count). The Hall–Kier alpha value is -2.04. The van der Waals surface area contributed by atoms with E-state index < -0.39 is 5.97 Å². The number of hydrogen-bond acceptors (Lipinski definition) is 3. The Labute approximate surface area is 98.6 Å². The number of hydrogen-bond donors (Lipinski definition) is 1. The van der Waals surface area contributed by atoms with E-state index in [1.165, 1.54) is 6.07 Å². The van der Waals surface area contributed by atoms with Crippen molar-refractivity contribution >= 4 is 12.1 Å². The smallest absolute Gasteiger partial charge is 0.410 e. The Bertz CT molecular complexity index is 444. The van der Waals surface area contributed by atoms with Crippen LogP contribution in [0.5, 0.6) is 0 Å². The van der Waals surface area contributed by atoms with E-state index in [1.54, 1.807) is 23.1 Å². The maximum Gasteiger partial charge on any atom is 0.410 e. The van der Waals surface area contributed by atoms with Gasteiger partial charge in [-0.1, -0.05) is 12.1 Å². The van der Waals surface area contributed by atoms with Crippen LogP contribution in [-0.2, 0) is 11.3 Å². The number of amides is 1. The van der Waals surface area contributed by atoms with Gasteiger partial charge in [0, 0.05) is 13.1 Å². The first-order chi connectivity index (χ1) is 8.16. The highest BCUT2D eigenvalue weighted by atomic mass is 16.6. The van der Waals surface area contributed by atoms with Crippen LogP contribution < -0.4 is 0 Å². The average Bonchev–Trinajstić information content (AvgIpc) is 2.32. The van der Waals surface area contributed by atoms with Crippen molar-refractivity contribution < 1.29 is 19.4 Å². The number of carbonyl (C=O) groups excluding carboxylic acids is 1. The number of cyclic esters (lactones) is 1. The predicted octanol–water partition coefficient (Wildman–Crippen LogP) is 1.73. The summed E-state index contributed by atoms with van der Waals surface area (Å²) in [5.74, 6) is -0.965. The summed E-state index contributed by atoms with van der Waals surface area (Å²) in [6.07, 6.45) is 0.474. The lowest BCUT2D eigenvalue weighted by Crippen LogP contribution is -2.37. The molecule has 0 atom stereocenters. The van der Waals surface area contributed by atoms with Crippen molar-refractivity contribution in [3.8, 4) is 0 Å². The summed E-state index contributed by atoms with van der Waals surface area (Å²) in [6, 6.07) is 6.58. The Morgan fingerprint density at radius 2 is 2.29 bits per heavy atom. The second-order valence-electron chi connectivity index (χ2n) is 3.90. The van der Waals surface area contributed by atoms with Gasteiger partial charge in [-0.05, 0) is 24.1 Å². The zero-order valence-corrected chi connectivity index (χ0v) is 9.26. The van der Waals surface area contributed by atoms with E-state index in [4.69, 9.17) is 9.84 Å². The molecule has 1 aromatic rings. The molecule has 0 bridgehead atoms. The van der Waals surface area contributed by atoms with Gasteiger partial charge in [0.1, 0.15) is 0 Å². The van der Waals surface area contributed by atoms with Crippen LogP contribution in [0.4, 0.5) is 4.79 Å². The third-order valence-corrected chi connectivity index (χ3v) is 2.60. The number of aromatic carboxylic acids is 1. The lowest BCUT2D eigenvalue weighted by atomic mass is 10.1. The number of ether oxygens (including phenoxy) is 1. The van der Waals surface area contributed by atoms with E-state index >= 15 is 0 Å². The number of nitrogens with zero attached hydrogens (tertiary/aromatic N) is 1. The quantitative estimate of drug-likeness (QED) is 0.866. The van der Waals surface area contributed by atoms with E-state index in [1.807, 2.05) is 0 Å². The van der Waals surface area contributed by atoms with Crippen LogP contribution in [-0.4, -0.2) is 35.2 Å². The van der Waals surface area contributed by atoms with Crippen molar-refractivity contribution in [2.45, 2.75) is 13.0 Å². The third kappa shape index (κ3) is 2.75. The Morgan fingerprint density at radius 3 is 3.00 bits per heavy atom. The summed E-state index contributed by atoms with van der Waals surface area (Å²) in [5, 5.41) is 8.86. The van der Waals surface area contributed by atoms with Gasteiger partial charge in [0.05, 0.1) is 12.2 Å². The van der Waals surface area contributed by atoms with Crippen LogP contribution in [0.2, 0.25) is 0 Å². The molecule has 1 saturated heterocycles. The van der Waals surface area contributed by atoms with Crippen molar-refractivity contribution in [1.29, 1.82) is 0 Å². The lowest BCUT2D eigenvalue weighted by molar-refractivity contribution is 0.0696. The molecule has 0 spiro atoms. The van der Waals surface area contributed by atoms with Crippen molar-refractivity contribution in [3.05, 3.63) is 35.4 Å². The van der Waals surface area contributed by atoms with Crippen LogP contribution in [0, 0.1) is 0 Å². The highest BCUT2D eigenvalue weighted by Crippen LogP contribution is 2.12. The summed E-state index contributed by atoms with van der Waals surface area (Å²) in [7, 11) is 0. The minimum absolute atomic E-state index is 0.230. The molecule has 1 fully saturated rings. The van der Waals surface area contributed by atoms with Gasteiger partial charge in [-0.2, -0.15) is 0 Å². The largest absolute Gasteiger partial charge is 0.478 e. The molecule has 0 aromatic heterocycles. The summed E-state index contributed by atoms with van der Waals surface area (Å²) < 4.78 is 4.91. The zero-order valence-electron chi connectivity index (χ0n) is 9.26. The second kappa shape index (κ2) is 4.86. The predicted molar refractivity (Wildman–Crippen MR) is 59.8 cm³/mol. The van der Waals surface area contributed by atoms with E-state index in [9.17, 15) is 9.59 Å². The van der Waals surface area contributed by atoms with Crippen LogP contribution in [0.1, 0.15) is 22.3 Å².